The molecule has 6 nitrogen and oxygen atoms in total. The van der Waals surface area contributed by atoms with Crippen LogP contribution < -0.4 is 10.2 Å². The first-order chi connectivity index (χ1) is 13.2. The van der Waals surface area contributed by atoms with Gasteiger partial charge in [0.05, 0.1) is 0 Å². The van der Waals surface area contributed by atoms with Crippen LogP contribution in [0.4, 0.5) is 5.13 Å². The zero-order chi connectivity index (χ0) is 18.6. The number of anilines is 1. The van der Waals surface area contributed by atoms with Gasteiger partial charge in [0.1, 0.15) is 10.3 Å². The number of pyridine rings is 1. The lowest BCUT2D eigenvalue weighted by molar-refractivity contribution is -0.125. The van der Waals surface area contributed by atoms with Gasteiger partial charge in [0.2, 0.25) is 5.91 Å². The summed E-state index contributed by atoms with van der Waals surface area (Å²) in [5.41, 5.74) is 0.962. The third-order valence-electron chi connectivity index (χ3n) is 5.93. The molecule has 0 radical (unpaired) electrons. The van der Waals surface area contributed by atoms with Crippen molar-refractivity contribution < 1.29 is 4.79 Å². The number of hydrogen-bond donors (Lipinski definition) is 1. The lowest BCUT2D eigenvalue weighted by Gasteiger charge is -2.34. The molecule has 0 unspecified atom stereocenters. The molecule has 4 rings (SSSR count). The van der Waals surface area contributed by atoms with Crippen LogP contribution >= 0.6 is 11.3 Å². The van der Waals surface area contributed by atoms with Gasteiger partial charge in [-0.3, -0.25) is 9.69 Å². The van der Waals surface area contributed by atoms with Gasteiger partial charge >= 0.3 is 0 Å². The lowest BCUT2D eigenvalue weighted by Crippen LogP contribution is -2.45. The molecule has 2 aromatic heterocycles. The number of likely N-dealkylation sites (tertiary alicyclic amines) is 1. The summed E-state index contributed by atoms with van der Waals surface area (Å²) in [7, 11) is 0. The number of nitrogens with one attached hydrogen (secondary N) is 1. The monoisotopic (exact) mass is 387 g/mol. The SMILES string of the molecule is C[C@@H]1CCCCN1CCNC(=O)C1CCN(c2nc3cccnc3s2)CC1. The Hall–Kier alpha value is -1.73. The van der Waals surface area contributed by atoms with E-state index < -0.39 is 0 Å². The van der Waals surface area contributed by atoms with Gasteiger partial charge in [-0.2, -0.15) is 0 Å². The number of carbonyl (C=O) groups is 1. The first-order valence-corrected chi connectivity index (χ1v) is 11.0. The van der Waals surface area contributed by atoms with Crippen LogP contribution in [0.15, 0.2) is 18.3 Å². The Morgan fingerprint density at radius 2 is 2.11 bits per heavy atom. The quantitative estimate of drug-likeness (QED) is 0.855. The molecule has 27 heavy (non-hydrogen) atoms. The molecule has 2 aliphatic heterocycles. The van der Waals surface area contributed by atoms with Crippen molar-refractivity contribution in [1.29, 1.82) is 0 Å². The van der Waals surface area contributed by atoms with Crippen LogP contribution in [0.1, 0.15) is 39.0 Å². The Kier molecular flexibility index (Phi) is 5.88. The molecule has 1 amide bonds. The van der Waals surface area contributed by atoms with Crippen LogP contribution in [-0.2, 0) is 4.79 Å². The number of carbonyl (C=O) groups excluding carboxylic acids is 1. The van der Waals surface area contributed by atoms with Crippen LogP contribution in [0.2, 0.25) is 0 Å². The van der Waals surface area contributed by atoms with Crippen LogP contribution in [-0.4, -0.2) is 59.5 Å². The molecule has 0 aromatic carbocycles. The van der Waals surface area contributed by atoms with Crippen molar-refractivity contribution in [2.24, 2.45) is 5.92 Å². The maximum absolute atomic E-state index is 12.5. The normalized spacial score (nSPS) is 22.3. The zero-order valence-electron chi connectivity index (χ0n) is 16.1. The van der Waals surface area contributed by atoms with E-state index in [4.69, 9.17) is 4.98 Å². The largest absolute Gasteiger partial charge is 0.355 e. The predicted octanol–water partition coefficient (Wildman–Crippen LogP) is 2.90. The maximum Gasteiger partial charge on any atom is 0.223 e. The summed E-state index contributed by atoms with van der Waals surface area (Å²) in [6.45, 7) is 7.00. The number of rotatable bonds is 5. The van der Waals surface area contributed by atoms with Crippen molar-refractivity contribution in [2.45, 2.75) is 45.1 Å². The summed E-state index contributed by atoms with van der Waals surface area (Å²) in [6.07, 6.45) is 7.52. The van der Waals surface area contributed by atoms with Crippen molar-refractivity contribution in [3.8, 4) is 0 Å². The molecule has 2 aromatic rings. The van der Waals surface area contributed by atoms with E-state index in [0.29, 0.717) is 6.04 Å². The van der Waals surface area contributed by atoms with E-state index in [0.717, 1.165) is 54.5 Å². The maximum atomic E-state index is 12.5. The molecule has 146 valence electrons. The van der Waals surface area contributed by atoms with Crippen molar-refractivity contribution in [2.75, 3.05) is 37.6 Å². The van der Waals surface area contributed by atoms with Crippen LogP contribution in [0.3, 0.4) is 0 Å². The molecular weight excluding hydrogens is 358 g/mol. The van der Waals surface area contributed by atoms with E-state index in [-0.39, 0.29) is 11.8 Å². The van der Waals surface area contributed by atoms with Gasteiger partial charge in [-0.25, -0.2) is 9.97 Å². The highest BCUT2D eigenvalue weighted by atomic mass is 32.1. The van der Waals surface area contributed by atoms with Crippen molar-refractivity contribution in [1.82, 2.24) is 20.2 Å². The van der Waals surface area contributed by atoms with E-state index >= 15 is 0 Å². The summed E-state index contributed by atoms with van der Waals surface area (Å²) in [5.74, 6) is 0.359. The number of nitrogens with zero attached hydrogens (tertiary/aromatic N) is 4. The van der Waals surface area contributed by atoms with E-state index in [1.165, 1.54) is 25.8 Å². The zero-order valence-corrected chi connectivity index (χ0v) is 16.9. The fourth-order valence-corrected chi connectivity index (χ4v) is 5.14. The highest BCUT2D eigenvalue weighted by molar-refractivity contribution is 7.21. The number of thiazole rings is 1. The number of hydrogen-bond acceptors (Lipinski definition) is 6. The molecule has 2 fully saturated rings. The van der Waals surface area contributed by atoms with Gasteiger partial charge in [-0.05, 0) is 51.3 Å². The molecular formula is C20H29N5OS. The summed E-state index contributed by atoms with van der Waals surface area (Å²) in [4.78, 5) is 27.4. The number of amides is 1. The molecule has 0 aliphatic carbocycles. The number of fused-ring (bicyclic) bond motifs is 1. The van der Waals surface area contributed by atoms with Crippen LogP contribution in [0.5, 0.6) is 0 Å². The Labute approximate surface area is 165 Å². The number of aromatic nitrogens is 2. The van der Waals surface area contributed by atoms with Gasteiger partial charge in [0.25, 0.3) is 0 Å². The summed E-state index contributed by atoms with van der Waals surface area (Å²) >= 11 is 1.64. The topological polar surface area (TPSA) is 61.4 Å². The Morgan fingerprint density at radius 1 is 1.26 bits per heavy atom. The molecule has 7 heteroatoms. The average Bonchev–Trinajstić information content (AvgIpc) is 3.14. The van der Waals surface area contributed by atoms with E-state index in [1.54, 1.807) is 11.3 Å². The highest BCUT2D eigenvalue weighted by Gasteiger charge is 2.26. The standard InChI is InChI=1S/C20H29N5OS/c1-15-5-2-3-11-24(15)14-10-21-18(26)16-7-12-25(13-8-16)20-23-17-6-4-9-22-19(17)27-20/h4,6,9,15-16H,2-3,5,7-8,10-14H2,1H3,(H,21,26)/t15-/m1/s1. The number of piperidine rings is 2. The molecule has 1 N–H and O–H groups in total. The van der Waals surface area contributed by atoms with Gasteiger partial charge in [0.15, 0.2) is 5.13 Å². The second-order valence-electron chi connectivity index (χ2n) is 7.76. The van der Waals surface area contributed by atoms with Crippen molar-refractivity contribution in [3.63, 3.8) is 0 Å². The molecule has 0 spiro atoms. The third-order valence-corrected chi connectivity index (χ3v) is 6.97. The average molecular weight is 388 g/mol. The minimum absolute atomic E-state index is 0.132. The van der Waals surface area contributed by atoms with Gasteiger partial charge < -0.3 is 10.2 Å². The van der Waals surface area contributed by atoms with Crippen LogP contribution in [0.25, 0.3) is 10.3 Å². The Bertz CT molecular complexity index is 738. The molecule has 2 saturated heterocycles. The van der Waals surface area contributed by atoms with Gasteiger partial charge in [-0.1, -0.05) is 17.8 Å². The van der Waals surface area contributed by atoms with E-state index in [1.807, 2.05) is 18.3 Å². The molecule has 0 bridgehead atoms. The first-order valence-electron chi connectivity index (χ1n) is 10.2. The minimum atomic E-state index is 0.132. The van der Waals surface area contributed by atoms with Crippen LogP contribution in [0, 0.1) is 5.92 Å². The fraction of sp³-hybridized carbons (Fsp3) is 0.650. The first kappa shape index (κ1) is 18.6. The summed E-state index contributed by atoms with van der Waals surface area (Å²) in [5, 5.41) is 4.20. The van der Waals surface area contributed by atoms with Gasteiger partial charge in [-0.15, -0.1) is 0 Å². The minimum Gasteiger partial charge on any atom is -0.355 e. The van der Waals surface area contributed by atoms with E-state index in [9.17, 15) is 4.79 Å². The second-order valence-corrected chi connectivity index (χ2v) is 8.71. The van der Waals surface area contributed by atoms with Gasteiger partial charge in [0, 0.05) is 44.3 Å². The Morgan fingerprint density at radius 3 is 2.89 bits per heavy atom. The molecule has 1 atom stereocenters. The van der Waals surface area contributed by atoms with E-state index in [2.05, 4.69) is 27.0 Å². The second kappa shape index (κ2) is 8.52. The highest BCUT2D eigenvalue weighted by Crippen LogP contribution is 2.30. The molecule has 2 aliphatic rings. The summed E-state index contributed by atoms with van der Waals surface area (Å²) < 4.78 is 0. The lowest BCUT2D eigenvalue weighted by atomic mass is 9.96. The molecule has 4 heterocycles. The third kappa shape index (κ3) is 4.41. The van der Waals surface area contributed by atoms with Crippen molar-refractivity contribution >= 4 is 32.7 Å². The van der Waals surface area contributed by atoms with Crippen molar-refractivity contribution in [3.05, 3.63) is 18.3 Å². The smallest absolute Gasteiger partial charge is 0.223 e. The predicted molar refractivity (Wildman–Crippen MR) is 110 cm³/mol. The summed E-state index contributed by atoms with van der Waals surface area (Å²) in [6, 6.07) is 4.58. The molecule has 0 saturated carbocycles. The Balaban J connectivity index is 1.23. The fourth-order valence-electron chi connectivity index (χ4n) is 4.18.